The minimum atomic E-state index is -3.78. The molecule has 0 radical (unpaired) electrons. The van der Waals surface area contributed by atoms with Crippen molar-refractivity contribution in [2.75, 3.05) is 10.0 Å². The topological polar surface area (TPSA) is 84.0 Å². The molecule has 0 atom stereocenters. The van der Waals surface area contributed by atoms with E-state index < -0.39 is 21.7 Å². The Kier molecular flexibility index (Phi) is 4.81. The van der Waals surface area contributed by atoms with Gasteiger partial charge in [0.1, 0.15) is 0 Å². The highest BCUT2D eigenvalue weighted by Gasteiger charge is 2.15. The minimum absolute atomic E-state index is 0.0299. The summed E-state index contributed by atoms with van der Waals surface area (Å²) < 4.78 is 53.1. The molecule has 0 bridgehead atoms. The van der Waals surface area contributed by atoms with Gasteiger partial charge in [-0.05, 0) is 48.9 Å². The molecule has 0 aliphatic carbocycles. The van der Waals surface area contributed by atoms with E-state index in [1.54, 1.807) is 19.1 Å². The number of sulfonamides is 1. The van der Waals surface area contributed by atoms with E-state index >= 15 is 0 Å². The Bertz CT molecular complexity index is 1040. The predicted octanol–water partition coefficient (Wildman–Crippen LogP) is 3.61. The molecule has 0 aliphatic heterocycles. The first-order chi connectivity index (χ1) is 12.3. The normalized spacial score (nSPS) is 11.2. The van der Waals surface area contributed by atoms with E-state index in [4.69, 9.17) is 0 Å². The summed E-state index contributed by atoms with van der Waals surface area (Å²) in [4.78, 5) is 0.114. The zero-order valence-corrected chi connectivity index (χ0v) is 14.4. The molecule has 1 aromatic heterocycles. The third kappa shape index (κ3) is 4.12. The summed E-state index contributed by atoms with van der Waals surface area (Å²) >= 11 is 0. The van der Waals surface area contributed by atoms with Crippen LogP contribution in [-0.4, -0.2) is 18.6 Å². The van der Waals surface area contributed by atoms with Gasteiger partial charge < -0.3 is 5.32 Å². The maximum Gasteiger partial charge on any atom is 0.263 e. The molecular weight excluding hydrogens is 362 g/mol. The lowest BCUT2D eigenvalue weighted by molar-refractivity contribution is 0.509. The Morgan fingerprint density at radius 3 is 2.27 bits per heavy atom. The van der Waals surface area contributed by atoms with Gasteiger partial charge in [-0.1, -0.05) is 12.1 Å². The van der Waals surface area contributed by atoms with Gasteiger partial charge in [0.05, 0.1) is 4.90 Å². The van der Waals surface area contributed by atoms with Gasteiger partial charge in [-0.2, -0.15) is 0 Å². The maximum absolute atomic E-state index is 13.2. The van der Waals surface area contributed by atoms with E-state index in [2.05, 4.69) is 20.2 Å². The van der Waals surface area contributed by atoms with Crippen LogP contribution in [0.1, 0.15) is 5.56 Å². The lowest BCUT2D eigenvalue weighted by atomic mass is 10.2. The molecule has 3 rings (SSSR count). The monoisotopic (exact) mass is 376 g/mol. The summed E-state index contributed by atoms with van der Waals surface area (Å²) in [5, 5.41) is 10.3. The van der Waals surface area contributed by atoms with Crippen LogP contribution >= 0.6 is 0 Å². The van der Waals surface area contributed by atoms with Crippen molar-refractivity contribution in [2.45, 2.75) is 11.8 Å². The minimum Gasteiger partial charge on any atom is -0.339 e. The van der Waals surface area contributed by atoms with Crippen LogP contribution in [0.3, 0.4) is 0 Å². The van der Waals surface area contributed by atoms with Crippen molar-refractivity contribution in [2.24, 2.45) is 0 Å². The number of rotatable bonds is 5. The number of halogens is 2. The SMILES string of the molecule is Cc1cccc(S(=O)(=O)Nc2ccc(Nc3ccc(F)c(F)c3)nn2)c1. The molecule has 0 unspecified atom stereocenters. The summed E-state index contributed by atoms with van der Waals surface area (Å²) in [6, 6.07) is 12.6. The van der Waals surface area contributed by atoms with Crippen molar-refractivity contribution in [1.82, 2.24) is 10.2 Å². The van der Waals surface area contributed by atoms with Crippen molar-refractivity contribution in [3.05, 3.63) is 71.8 Å². The largest absolute Gasteiger partial charge is 0.339 e. The Morgan fingerprint density at radius 1 is 0.885 bits per heavy atom. The fourth-order valence-electron chi connectivity index (χ4n) is 2.15. The fraction of sp³-hybridized carbons (Fsp3) is 0.0588. The van der Waals surface area contributed by atoms with Crippen molar-refractivity contribution in [1.29, 1.82) is 0 Å². The molecule has 2 N–H and O–H groups in total. The second kappa shape index (κ2) is 7.04. The molecule has 6 nitrogen and oxygen atoms in total. The zero-order chi connectivity index (χ0) is 18.7. The first-order valence-electron chi connectivity index (χ1n) is 7.49. The molecule has 1 heterocycles. The Morgan fingerprint density at radius 2 is 1.62 bits per heavy atom. The number of hydrogen-bond acceptors (Lipinski definition) is 5. The van der Waals surface area contributed by atoms with E-state index in [1.165, 1.54) is 30.3 Å². The third-order valence-electron chi connectivity index (χ3n) is 3.40. The van der Waals surface area contributed by atoms with E-state index in [-0.39, 0.29) is 22.2 Å². The fourth-order valence-corrected chi connectivity index (χ4v) is 3.26. The van der Waals surface area contributed by atoms with Crippen LogP contribution in [0.5, 0.6) is 0 Å². The van der Waals surface area contributed by atoms with Gasteiger partial charge in [0.2, 0.25) is 0 Å². The molecule has 0 fully saturated rings. The highest BCUT2D eigenvalue weighted by atomic mass is 32.2. The van der Waals surface area contributed by atoms with E-state index in [9.17, 15) is 17.2 Å². The molecule has 26 heavy (non-hydrogen) atoms. The van der Waals surface area contributed by atoms with Gasteiger partial charge in [-0.3, -0.25) is 4.72 Å². The van der Waals surface area contributed by atoms with Gasteiger partial charge in [-0.25, -0.2) is 17.2 Å². The van der Waals surface area contributed by atoms with Crippen LogP contribution < -0.4 is 10.0 Å². The van der Waals surface area contributed by atoms with Crippen LogP contribution in [0.25, 0.3) is 0 Å². The Hall–Kier alpha value is -3.07. The number of nitrogens with one attached hydrogen (secondary N) is 2. The lowest BCUT2D eigenvalue weighted by Crippen LogP contribution is -2.14. The number of benzene rings is 2. The number of aryl methyl sites for hydroxylation is 1. The first-order valence-corrected chi connectivity index (χ1v) is 8.97. The number of aromatic nitrogens is 2. The standard InChI is InChI=1S/C17H14F2N4O2S/c1-11-3-2-4-13(9-11)26(24,25)23-17-8-7-16(21-22-17)20-12-5-6-14(18)15(19)10-12/h2-10H,1H3,(H,20,21)(H,22,23). The summed E-state index contributed by atoms with van der Waals surface area (Å²) in [5.41, 5.74) is 1.09. The smallest absolute Gasteiger partial charge is 0.263 e. The van der Waals surface area contributed by atoms with Gasteiger partial charge in [0.15, 0.2) is 23.3 Å². The second-order valence-corrected chi connectivity index (χ2v) is 7.16. The van der Waals surface area contributed by atoms with Crippen LogP contribution in [0.15, 0.2) is 59.5 Å². The molecule has 3 aromatic rings. The average molecular weight is 376 g/mol. The Labute approximate surface area is 149 Å². The molecule has 0 spiro atoms. The number of nitrogens with zero attached hydrogens (tertiary/aromatic N) is 2. The van der Waals surface area contributed by atoms with E-state index in [0.29, 0.717) is 0 Å². The molecule has 0 saturated carbocycles. The van der Waals surface area contributed by atoms with Gasteiger partial charge in [0.25, 0.3) is 10.0 Å². The van der Waals surface area contributed by atoms with E-state index in [0.717, 1.165) is 17.7 Å². The molecule has 2 aromatic carbocycles. The summed E-state index contributed by atoms with van der Waals surface area (Å²) in [6.07, 6.45) is 0. The van der Waals surface area contributed by atoms with E-state index in [1.807, 2.05) is 0 Å². The summed E-state index contributed by atoms with van der Waals surface area (Å²) in [5.74, 6) is -1.68. The average Bonchev–Trinajstić information content (AvgIpc) is 2.60. The molecule has 9 heteroatoms. The van der Waals surface area contributed by atoms with Gasteiger partial charge >= 0.3 is 0 Å². The number of hydrogen-bond donors (Lipinski definition) is 2. The summed E-state index contributed by atoms with van der Waals surface area (Å²) in [7, 11) is -3.78. The summed E-state index contributed by atoms with van der Waals surface area (Å²) in [6.45, 7) is 1.79. The van der Waals surface area contributed by atoms with Crippen molar-refractivity contribution >= 4 is 27.3 Å². The van der Waals surface area contributed by atoms with Crippen LogP contribution in [0.2, 0.25) is 0 Å². The van der Waals surface area contributed by atoms with Gasteiger partial charge in [0, 0.05) is 11.8 Å². The molecular formula is C17H14F2N4O2S. The molecule has 134 valence electrons. The third-order valence-corrected chi connectivity index (χ3v) is 4.75. The second-order valence-electron chi connectivity index (χ2n) is 5.48. The van der Waals surface area contributed by atoms with Crippen molar-refractivity contribution in [3.8, 4) is 0 Å². The molecule has 0 aliphatic rings. The molecule has 0 amide bonds. The molecule has 0 saturated heterocycles. The van der Waals surface area contributed by atoms with Crippen molar-refractivity contribution in [3.63, 3.8) is 0 Å². The zero-order valence-electron chi connectivity index (χ0n) is 13.6. The first kappa shape index (κ1) is 17.7. The van der Waals surface area contributed by atoms with Crippen LogP contribution in [-0.2, 0) is 10.0 Å². The van der Waals surface area contributed by atoms with Crippen LogP contribution in [0.4, 0.5) is 26.1 Å². The van der Waals surface area contributed by atoms with Crippen LogP contribution in [0, 0.1) is 18.6 Å². The van der Waals surface area contributed by atoms with Crippen molar-refractivity contribution < 1.29 is 17.2 Å². The predicted molar refractivity (Wildman–Crippen MR) is 93.7 cm³/mol. The maximum atomic E-state index is 13.2. The van der Waals surface area contributed by atoms with Gasteiger partial charge in [-0.15, -0.1) is 10.2 Å². The Balaban J connectivity index is 1.74. The highest BCUT2D eigenvalue weighted by Crippen LogP contribution is 2.19. The lowest BCUT2D eigenvalue weighted by Gasteiger charge is -2.09. The number of anilines is 3. The quantitative estimate of drug-likeness (QED) is 0.711. The highest BCUT2D eigenvalue weighted by molar-refractivity contribution is 7.92.